The fourth-order valence-electron chi connectivity index (χ4n) is 2.45. The van der Waals surface area contributed by atoms with E-state index in [1.165, 1.54) is 35.3 Å². The van der Waals surface area contributed by atoms with E-state index < -0.39 is 5.97 Å². The average Bonchev–Trinajstić information content (AvgIpc) is 3.32. The summed E-state index contributed by atoms with van der Waals surface area (Å²) in [5.74, 6) is -0.699. The quantitative estimate of drug-likeness (QED) is 0.481. The van der Waals surface area contributed by atoms with E-state index in [1.54, 1.807) is 12.1 Å². The zero-order chi connectivity index (χ0) is 19.4. The normalized spacial score (nSPS) is 10.7. The summed E-state index contributed by atoms with van der Waals surface area (Å²) in [6.07, 6.45) is 3.26. The van der Waals surface area contributed by atoms with Crippen LogP contribution in [-0.4, -0.2) is 43.8 Å². The molecule has 1 amide bonds. The number of amides is 1. The lowest BCUT2D eigenvalue weighted by molar-refractivity contribution is -0.119. The van der Waals surface area contributed by atoms with Crippen LogP contribution in [0.15, 0.2) is 24.7 Å². The fraction of sp³-hybridized carbons (Fsp3) is 0.294. The Hall–Kier alpha value is -3.14. The number of aryl methyl sites for hydroxylation is 1. The van der Waals surface area contributed by atoms with Gasteiger partial charge in [0.1, 0.15) is 6.33 Å². The molecule has 3 aromatic heterocycles. The topological polar surface area (TPSA) is 116 Å². The molecule has 0 radical (unpaired) electrons. The smallest absolute Gasteiger partial charge is 0.342 e. The molecular weight excluding hydrogens is 370 g/mol. The fourth-order valence-corrected chi connectivity index (χ4v) is 3.32. The number of esters is 1. The van der Waals surface area contributed by atoms with E-state index >= 15 is 0 Å². The van der Waals surface area contributed by atoms with Gasteiger partial charge >= 0.3 is 5.97 Å². The predicted octanol–water partition coefficient (Wildman–Crippen LogP) is 1.42. The molecule has 0 saturated heterocycles. The van der Waals surface area contributed by atoms with Crippen LogP contribution in [0.25, 0.3) is 5.78 Å². The Morgan fingerprint density at radius 3 is 2.81 bits per heavy atom. The molecule has 27 heavy (non-hydrogen) atoms. The number of carbonyl (C=O) groups is 3. The number of nitrogens with one attached hydrogen (secondary N) is 1. The highest BCUT2D eigenvalue weighted by Gasteiger charge is 2.19. The first-order valence-corrected chi connectivity index (χ1v) is 9.02. The van der Waals surface area contributed by atoms with Crippen molar-refractivity contribution in [1.29, 1.82) is 0 Å². The van der Waals surface area contributed by atoms with Crippen molar-refractivity contribution in [2.45, 2.75) is 26.8 Å². The van der Waals surface area contributed by atoms with E-state index in [9.17, 15) is 14.4 Å². The summed E-state index contributed by atoms with van der Waals surface area (Å²) in [4.78, 5) is 44.9. The van der Waals surface area contributed by atoms with E-state index in [-0.39, 0.29) is 23.9 Å². The van der Waals surface area contributed by atoms with Gasteiger partial charge < -0.3 is 10.1 Å². The summed E-state index contributed by atoms with van der Waals surface area (Å²) >= 11 is 1.25. The van der Waals surface area contributed by atoms with Crippen LogP contribution in [-0.2, 0) is 22.5 Å². The number of hydrogen-bond donors (Lipinski definition) is 1. The third kappa shape index (κ3) is 4.17. The number of fused-ring (bicyclic) bond motifs is 1. The van der Waals surface area contributed by atoms with Crippen LogP contribution >= 0.6 is 11.3 Å². The second-order valence-corrected chi connectivity index (χ2v) is 6.79. The minimum atomic E-state index is -0.639. The molecule has 0 aliphatic rings. The Morgan fingerprint density at radius 1 is 1.26 bits per heavy atom. The average molecular weight is 387 g/mol. The third-order valence-corrected chi connectivity index (χ3v) is 4.87. The first-order valence-electron chi connectivity index (χ1n) is 8.20. The van der Waals surface area contributed by atoms with Gasteiger partial charge in [0.25, 0.3) is 5.78 Å². The Balaban J connectivity index is 1.65. The van der Waals surface area contributed by atoms with E-state index in [0.29, 0.717) is 29.3 Å². The monoisotopic (exact) mass is 387 g/mol. The molecular formula is C17H17N5O4S. The number of nitrogens with zero attached hydrogens (tertiary/aromatic N) is 4. The van der Waals surface area contributed by atoms with Crippen LogP contribution in [0.1, 0.15) is 44.4 Å². The van der Waals surface area contributed by atoms with Crippen LogP contribution in [0.3, 0.4) is 0 Å². The molecule has 0 atom stereocenters. The highest BCUT2D eigenvalue weighted by Crippen LogP contribution is 2.18. The molecule has 0 aliphatic heterocycles. The predicted molar refractivity (Wildman–Crippen MR) is 96.6 cm³/mol. The van der Waals surface area contributed by atoms with Crippen molar-refractivity contribution < 1.29 is 19.1 Å². The van der Waals surface area contributed by atoms with Crippen molar-refractivity contribution in [3.05, 3.63) is 45.7 Å². The summed E-state index contributed by atoms with van der Waals surface area (Å²) in [7, 11) is 0. The largest absolute Gasteiger partial charge is 0.454 e. The molecule has 140 valence electrons. The third-order valence-electron chi connectivity index (χ3n) is 3.74. The molecule has 0 bridgehead atoms. The van der Waals surface area contributed by atoms with Crippen LogP contribution in [0.4, 0.5) is 0 Å². The minimum absolute atomic E-state index is 0.144. The SMILES string of the molecule is CCc1c(C(=O)OCC(=O)c2ccc(CNC(C)=O)s2)cnc2ncnn12. The number of carbonyl (C=O) groups excluding carboxylic acids is 3. The Morgan fingerprint density at radius 2 is 2.07 bits per heavy atom. The lowest BCUT2D eigenvalue weighted by atomic mass is 10.2. The number of aromatic nitrogens is 4. The first-order chi connectivity index (χ1) is 13.0. The van der Waals surface area contributed by atoms with Crippen molar-refractivity contribution in [3.8, 4) is 0 Å². The van der Waals surface area contributed by atoms with Gasteiger partial charge in [0.15, 0.2) is 6.61 Å². The molecule has 0 saturated carbocycles. The molecule has 0 aliphatic carbocycles. The molecule has 0 unspecified atom stereocenters. The lowest BCUT2D eigenvalue weighted by Gasteiger charge is -2.08. The summed E-state index contributed by atoms with van der Waals surface area (Å²) in [5.41, 5.74) is 0.865. The summed E-state index contributed by atoms with van der Waals surface area (Å²) in [6.45, 7) is 3.28. The van der Waals surface area contributed by atoms with Gasteiger partial charge in [-0.1, -0.05) is 6.92 Å². The second-order valence-electron chi connectivity index (χ2n) is 5.62. The first kappa shape index (κ1) is 18.6. The molecule has 0 aromatic carbocycles. The maximum Gasteiger partial charge on any atom is 0.342 e. The van der Waals surface area contributed by atoms with E-state index in [1.807, 2.05) is 6.92 Å². The highest BCUT2D eigenvalue weighted by atomic mass is 32.1. The van der Waals surface area contributed by atoms with Gasteiger partial charge in [-0.15, -0.1) is 11.3 Å². The van der Waals surface area contributed by atoms with Gasteiger partial charge in [0.2, 0.25) is 11.7 Å². The van der Waals surface area contributed by atoms with E-state index in [4.69, 9.17) is 4.74 Å². The van der Waals surface area contributed by atoms with Crippen molar-refractivity contribution >= 4 is 34.8 Å². The number of ketones is 1. The molecule has 9 nitrogen and oxygen atoms in total. The van der Waals surface area contributed by atoms with Crippen molar-refractivity contribution in [2.75, 3.05) is 6.61 Å². The van der Waals surface area contributed by atoms with Gasteiger partial charge in [-0.3, -0.25) is 9.59 Å². The van der Waals surface area contributed by atoms with E-state index in [0.717, 1.165) is 4.88 Å². The zero-order valence-corrected chi connectivity index (χ0v) is 15.6. The highest BCUT2D eigenvalue weighted by molar-refractivity contribution is 7.14. The summed E-state index contributed by atoms with van der Waals surface area (Å²) < 4.78 is 6.64. The Kier molecular flexibility index (Phi) is 5.55. The number of ether oxygens (including phenoxy) is 1. The maximum atomic E-state index is 12.4. The summed E-state index contributed by atoms with van der Waals surface area (Å²) in [6, 6.07) is 3.41. The molecule has 3 aromatic rings. The number of hydrogen-bond acceptors (Lipinski definition) is 8. The van der Waals surface area contributed by atoms with Gasteiger partial charge in [0, 0.05) is 18.0 Å². The minimum Gasteiger partial charge on any atom is -0.454 e. The Bertz CT molecular complexity index is 1010. The summed E-state index contributed by atoms with van der Waals surface area (Å²) in [5, 5.41) is 6.71. The van der Waals surface area contributed by atoms with Crippen molar-refractivity contribution in [2.24, 2.45) is 0 Å². The van der Waals surface area contributed by atoms with Gasteiger partial charge in [-0.25, -0.2) is 14.3 Å². The van der Waals surface area contributed by atoms with Crippen LogP contribution < -0.4 is 5.32 Å². The molecule has 1 N–H and O–H groups in total. The molecule has 0 fully saturated rings. The van der Waals surface area contributed by atoms with Crippen LogP contribution in [0.2, 0.25) is 0 Å². The Labute approximate surface area is 158 Å². The number of Topliss-reactive ketones (excluding diaryl/α,β-unsaturated/α-hetero) is 1. The van der Waals surface area contributed by atoms with Gasteiger partial charge in [-0.2, -0.15) is 10.1 Å². The van der Waals surface area contributed by atoms with Crippen LogP contribution in [0.5, 0.6) is 0 Å². The zero-order valence-electron chi connectivity index (χ0n) is 14.8. The standard InChI is InChI=1S/C17H17N5O4S/c1-3-13-12(7-19-17-20-9-21-22(13)17)16(25)26-8-14(24)15-5-4-11(27-15)6-18-10(2)23/h4-5,7,9H,3,6,8H2,1-2H3,(H,18,23). The molecule has 10 heteroatoms. The van der Waals surface area contributed by atoms with Crippen molar-refractivity contribution in [3.63, 3.8) is 0 Å². The van der Waals surface area contributed by atoms with Gasteiger partial charge in [-0.05, 0) is 18.6 Å². The molecule has 3 heterocycles. The second kappa shape index (κ2) is 8.04. The number of rotatable bonds is 7. The molecule has 3 rings (SSSR count). The number of thiophene rings is 1. The van der Waals surface area contributed by atoms with E-state index in [2.05, 4.69) is 20.4 Å². The van der Waals surface area contributed by atoms with Crippen LogP contribution in [0, 0.1) is 0 Å². The molecule has 0 spiro atoms. The van der Waals surface area contributed by atoms with Gasteiger partial charge in [0.05, 0.1) is 22.7 Å². The lowest BCUT2D eigenvalue weighted by Crippen LogP contribution is -2.18. The van der Waals surface area contributed by atoms with Crippen molar-refractivity contribution in [1.82, 2.24) is 24.9 Å². The maximum absolute atomic E-state index is 12.4.